The van der Waals surface area contributed by atoms with Crippen molar-refractivity contribution in [2.24, 2.45) is 4.99 Å². The van der Waals surface area contributed by atoms with Crippen LogP contribution < -0.4 is 10.6 Å². The second-order valence-corrected chi connectivity index (χ2v) is 8.38. The molecule has 0 aliphatic heterocycles. The summed E-state index contributed by atoms with van der Waals surface area (Å²) in [6.45, 7) is 3.03. The summed E-state index contributed by atoms with van der Waals surface area (Å²) in [6.07, 6.45) is 1.18. The van der Waals surface area contributed by atoms with E-state index in [-0.39, 0.29) is 42.4 Å². The molecule has 0 aliphatic carbocycles. The summed E-state index contributed by atoms with van der Waals surface area (Å²) in [5.41, 5.74) is 0.911. The van der Waals surface area contributed by atoms with E-state index in [1.165, 1.54) is 6.26 Å². The number of hydrogen-bond acceptors (Lipinski definition) is 4. The van der Waals surface area contributed by atoms with Gasteiger partial charge in [0.25, 0.3) is 0 Å². The van der Waals surface area contributed by atoms with Gasteiger partial charge in [0.15, 0.2) is 5.96 Å². The highest BCUT2D eigenvalue weighted by Crippen LogP contribution is 2.25. The van der Waals surface area contributed by atoms with Gasteiger partial charge in [-0.25, -0.2) is 8.42 Å². The van der Waals surface area contributed by atoms with Crippen LogP contribution in [0, 0.1) is 0 Å². The van der Waals surface area contributed by atoms with E-state index in [9.17, 15) is 8.42 Å². The second-order valence-electron chi connectivity index (χ2n) is 5.27. The molecule has 0 heterocycles. The fourth-order valence-corrected chi connectivity index (χ4v) is 2.88. The summed E-state index contributed by atoms with van der Waals surface area (Å²) in [7, 11) is -1.33. The zero-order valence-corrected chi connectivity index (χ0v) is 19.0. The molecule has 0 aromatic heterocycles. The first-order valence-corrected chi connectivity index (χ1v) is 10.2. The molecule has 0 amide bonds. The maximum absolute atomic E-state index is 11.0. The monoisotopic (exact) mass is 523 g/mol. The van der Waals surface area contributed by atoms with Crippen LogP contribution in [0.2, 0.25) is 10.0 Å². The lowest BCUT2D eigenvalue weighted by molar-refractivity contribution is 0.154. The van der Waals surface area contributed by atoms with Gasteiger partial charge in [0.2, 0.25) is 0 Å². The Bertz CT molecular complexity index is 672. The Hall–Kier alpha value is -0.290. The molecular weight excluding hydrogens is 500 g/mol. The highest BCUT2D eigenvalue weighted by Gasteiger charge is 2.11. The van der Waals surface area contributed by atoms with Crippen molar-refractivity contribution in [2.75, 3.05) is 38.8 Å². The molecule has 0 fully saturated rings. The zero-order valence-electron chi connectivity index (χ0n) is 14.4. The number of ether oxygens (including phenoxy) is 1. The van der Waals surface area contributed by atoms with Gasteiger partial charge < -0.3 is 15.4 Å². The molecule has 0 spiro atoms. The van der Waals surface area contributed by atoms with E-state index in [4.69, 9.17) is 27.9 Å². The van der Waals surface area contributed by atoms with Gasteiger partial charge in [-0.3, -0.25) is 4.99 Å². The molecule has 0 bridgehead atoms. The molecule has 144 valence electrons. The van der Waals surface area contributed by atoms with Crippen LogP contribution in [-0.2, 0) is 14.6 Å². The molecule has 2 N–H and O–H groups in total. The van der Waals surface area contributed by atoms with Crippen LogP contribution in [0.25, 0.3) is 0 Å². The first-order chi connectivity index (χ1) is 11.2. The number of sulfone groups is 1. The van der Waals surface area contributed by atoms with Crippen LogP contribution in [0.15, 0.2) is 23.2 Å². The molecule has 10 heteroatoms. The standard InChI is InChI=1S/C15H23Cl2N3O3S.HI/c1-11(13-5-4-12(16)10-14(13)17)20-15(18-2)19-6-7-23-8-9-24(3,21)22;/h4-5,10-11H,6-9H2,1-3H3,(H2,18,19,20);1H. The molecule has 6 nitrogen and oxygen atoms in total. The minimum absolute atomic E-state index is 0. The Kier molecular flexibility index (Phi) is 12.0. The lowest BCUT2D eigenvalue weighted by Crippen LogP contribution is -2.40. The van der Waals surface area contributed by atoms with Crippen LogP contribution in [0.3, 0.4) is 0 Å². The number of benzene rings is 1. The Morgan fingerprint density at radius 3 is 2.56 bits per heavy atom. The van der Waals surface area contributed by atoms with Crippen LogP contribution in [-0.4, -0.2) is 53.2 Å². The predicted molar refractivity (Wildman–Crippen MR) is 115 cm³/mol. The van der Waals surface area contributed by atoms with E-state index in [1.54, 1.807) is 19.2 Å². The van der Waals surface area contributed by atoms with Crippen LogP contribution in [0.4, 0.5) is 0 Å². The first-order valence-electron chi connectivity index (χ1n) is 7.40. The summed E-state index contributed by atoms with van der Waals surface area (Å²) in [4.78, 5) is 4.13. The number of hydrogen-bond donors (Lipinski definition) is 2. The Morgan fingerprint density at radius 2 is 2.00 bits per heavy atom. The Labute approximate surface area is 176 Å². The third-order valence-corrected chi connectivity index (χ3v) is 4.61. The van der Waals surface area contributed by atoms with Gasteiger partial charge >= 0.3 is 0 Å². The normalized spacial score (nSPS) is 13.1. The van der Waals surface area contributed by atoms with E-state index >= 15 is 0 Å². The van der Waals surface area contributed by atoms with E-state index in [2.05, 4.69) is 15.6 Å². The van der Waals surface area contributed by atoms with Crippen molar-refractivity contribution in [1.82, 2.24) is 10.6 Å². The van der Waals surface area contributed by atoms with Crippen LogP contribution in [0.1, 0.15) is 18.5 Å². The Balaban J connectivity index is 0.00000576. The van der Waals surface area contributed by atoms with Crippen molar-refractivity contribution in [3.8, 4) is 0 Å². The highest BCUT2D eigenvalue weighted by molar-refractivity contribution is 14.0. The summed E-state index contributed by atoms with van der Waals surface area (Å²) in [5.74, 6) is 0.617. The van der Waals surface area contributed by atoms with Gasteiger partial charge in [0.1, 0.15) is 9.84 Å². The van der Waals surface area contributed by atoms with E-state index in [0.29, 0.717) is 29.2 Å². The quantitative estimate of drug-likeness (QED) is 0.237. The van der Waals surface area contributed by atoms with Gasteiger partial charge in [-0.2, -0.15) is 0 Å². The van der Waals surface area contributed by atoms with Gasteiger partial charge in [-0.15, -0.1) is 24.0 Å². The molecule has 25 heavy (non-hydrogen) atoms. The zero-order chi connectivity index (χ0) is 18.2. The fraction of sp³-hybridized carbons (Fsp3) is 0.533. The molecule has 0 saturated carbocycles. The lowest BCUT2D eigenvalue weighted by atomic mass is 10.1. The molecule has 1 aromatic carbocycles. The number of rotatable bonds is 8. The minimum Gasteiger partial charge on any atom is -0.379 e. The van der Waals surface area contributed by atoms with Crippen LogP contribution in [0.5, 0.6) is 0 Å². The average molecular weight is 524 g/mol. The predicted octanol–water partition coefficient (Wildman–Crippen LogP) is 2.90. The SMILES string of the molecule is CN=C(NCCOCCS(C)(=O)=O)NC(C)c1ccc(Cl)cc1Cl.I. The summed E-state index contributed by atoms with van der Waals surface area (Å²) in [5, 5.41) is 7.49. The highest BCUT2D eigenvalue weighted by atomic mass is 127. The van der Waals surface area contributed by atoms with E-state index in [1.807, 2.05) is 13.0 Å². The third-order valence-electron chi connectivity index (χ3n) is 3.14. The summed E-state index contributed by atoms with van der Waals surface area (Å²) < 4.78 is 27.2. The Morgan fingerprint density at radius 1 is 1.32 bits per heavy atom. The number of nitrogens with zero attached hydrogens (tertiary/aromatic N) is 1. The van der Waals surface area contributed by atoms with Crippen molar-refractivity contribution < 1.29 is 13.2 Å². The van der Waals surface area contributed by atoms with E-state index < -0.39 is 9.84 Å². The van der Waals surface area contributed by atoms with Gasteiger partial charge in [-0.1, -0.05) is 29.3 Å². The number of aliphatic imine (C=N–C) groups is 1. The molecule has 0 saturated heterocycles. The van der Waals surface area contributed by atoms with Crippen molar-refractivity contribution in [1.29, 1.82) is 0 Å². The van der Waals surface area contributed by atoms with Crippen molar-refractivity contribution in [2.45, 2.75) is 13.0 Å². The van der Waals surface area contributed by atoms with Crippen molar-refractivity contribution in [3.63, 3.8) is 0 Å². The first kappa shape index (κ1) is 24.7. The molecular formula is C15H24Cl2IN3O3S. The molecule has 1 rings (SSSR count). The smallest absolute Gasteiger partial charge is 0.191 e. The van der Waals surface area contributed by atoms with Crippen molar-refractivity contribution in [3.05, 3.63) is 33.8 Å². The lowest BCUT2D eigenvalue weighted by Gasteiger charge is -2.19. The fourth-order valence-electron chi connectivity index (χ4n) is 1.88. The number of guanidine groups is 1. The van der Waals surface area contributed by atoms with E-state index in [0.717, 1.165) is 5.56 Å². The van der Waals surface area contributed by atoms with Gasteiger partial charge in [0.05, 0.1) is 25.0 Å². The molecule has 1 unspecified atom stereocenters. The van der Waals surface area contributed by atoms with Crippen LogP contribution >= 0.6 is 47.2 Å². The molecule has 0 aliphatic rings. The number of nitrogens with one attached hydrogen (secondary N) is 2. The largest absolute Gasteiger partial charge is 0.379 e. The maximum atomic E-state index is 11.0. The average Bonchev–Trinajstić information content (AvgIpc) is 2.48. The topological polar surface area (TPSA) is 79.8 Å². The second kappa shape index (κ2) is 12.2. The maximum Gasteiger partial charge on any atom is 0.191 e. The summed E-state index contributed by atoms with van der Waals surface area (Å²) >= 11 is 12.1. The van der Waals surface area contributed by atoms with Gasteiger partial charge in [0, 0.05) is 29.9 Å². The van der Waals surface area contributed by atoms with Crippen molar-refractivity contribution >= 4 is 63.0 Å². The summed E-state index contributed by atoms with van der Waals surface area (Å²) in [6, 6.07) is 5.28. The third kappa shape index (κ3) is 10.4. The minimum atomic E-state index is -2.99. The molecule has 1 aromatic rings. The number of halogens is 3. The van der Waals surface area contributed by atoms with Gasteiger partial charge in [-0.05, 0) is 24.6 Å². The molecule has 0 radical (unpaired) electrons. The molecule has 1 atom stereocenters.